The lowest BCUT2D eigenvalue weighted by atomic mass is 10.0. The fraction of sp³-hybridized carbons (Fsp3) is 0.174. The van der Waals surface area contributed by atoms with Crippen molar-refractivity contribution >= 4 is 40.1 Å². The maximum Gasteiger partial charge on any atom is 0.435 e. The Bertz CT molecular complexity index is 1480. The summed E-state index contributed by atoms with van der Waals surface area (Å²) in [5, 5.41) is 6.44. The van der Waals surface area contributed by atoms with Crippen molar-refractivity contribution < 1.29 is 27.5 Å². The number of ether oxygens (including phenoxy) is 1. The quantitative estimate of drug-likeness (QED) is 0.387. The number of aryl methyl sites for hydroxylation is 2. The van der Waals surface area contributed by atoms with E-state index in [1.165, 1.54) is 25.4 Å². The minimum absolute atomic E-state index is 0.0151. The first-order chi connectivity index (χ1) is 16.5. The van der Waals surface area contributed by atoms with Crippen molar-refractivity contribution in [2.75, 3.05) is 12.4 Å². The molecule has 0 aliphatic carbocycles. The number of nitrogens with one attached hydrogen (secondary N) is 1. The van der Waals surface area contributed by atoms with E-state index in [4.69, 9.17) is 16.3 Å². The molecule has 0 aliphatic rings. The molecule has 3 heterocycles. The van der Waals surface area contributed by atoms with Crippen LogP contribution in [0.4, 0.5) is 18.9 Å². The highest BCUT2D eigenvalue weighted by molar-refractivity contribution is 6.32. The molecule has 1 N–H and O–H groups in total. The first kappa shape index (κ1) is 24.1. The van der Waals surface area contributed by atoms with E-state index in [1.54, 1.807) is 32.0 Å². The lowest BCUT2D eigenvalue weighted by Gasteiger charge is -2.16. The van der Waals surface area contributed by atoms with Crippen LogP contribution in [0.15, 0.2) is 42.6 Å². The van der Waals surface area contributed by atoms with Crippen LogP contribution in [0.25, 0.3) is 16.7 Å². The summed E-state index contributed by atoms with van der Waals surface area (Å²) in [7, 11) is 1.18. The van der Waals surface area contributed by atoms with Crippen LogP contribution >= 0.6 is 11.6 Å². The van der Waals surface area contributed by atoms with E-state index in [-0.39, 0.29) is 22.1 Å². The van der Waals surface area contributed by atoms with Gasteiger partial charge in [-0.05, 0) is 43.7 Å². The molecule has 0 unspecified atom stereocenters. The number of methoxy groups -OCH3 is 1. The van der Waals surface area contributed by atoms with Gasteiger partial charge in [-0.15, -0.1) is 0 Å². The molecule has 1 amide bonds. The third-order valence-corrected chi connectivity index (χ3v) is 5.43. The van der Waals surface area contributed by atoms with E-state index < -0.39 is 29.4 Å². The monoisotopic (exact) mass is 503 g/mol. The van der Waals surface area contributed by atoms with Gasteiger partial charge in [-0.3, -0.25) is 9.78 Å². The Hall–Kier alpha value is -3.99. The highest BCUT2D eigenvalue weighted by Crippen LogP contribution is 2.33. The van der Waals surface area contributed by atoms with Gasteiger partial charge in [0.05, 0.1) is 28.9 Å². The number of hydrogen-bond acceptors (Lipinski definition) is 6. The Balaban J connectivity index is 1.88. The number of rotatable bonds is 4. The molecule has 180 valence electrons. The van der Waals surface area contributed by atoms with Gasteiger partial charge in [0.1, 0.15) is 5.69 Å². The van der Waals surface area contributed by atoms with Crippen LogP contribution in [-0.4, -0.2) is 38.7 Å². The number of carbonyl (C=O) groups excluding carboxylic acids is 2. The topological polar surface area (TPSA) is 99.0 Å². The van der Waals surface area contributed by atoms with Crippen LogP contribution in [0.2, 0.25) is 5.02 Å². The van der Waals surface area contributed by atoms with E-state index in [1.807, 2.05) is 0 Å². The summed E-state index contributed by atoms with van der Waals surface area (Å²) in [6.45, 7) is 3.41. The number of fused-ring (bicyclic) bond motifs is 1. The fourth-order valence-corrected chi connectivity index (χ4v) is 3.74. The highest BCUT2D eigenvalue weighted by atomic mass is 35.5. The zero-order chi connectivity index (χ0) is 25.5. The molecule has 0 saturated heterocycles. The Kier molecular flexibility index (Phi) is 6.20. The molecule has 0 saturated carbocycles. The zero-order valence-corrected chi connectivity index (χ0v) is 19.3. The standard InChI is InChI=1S/C23H17ClF3N5O3/c1-11-9-15-13(7-6-12(2)29-15)18(22(34)35-3)19(11)30-21(33)16-10-17(23(25,26)27)31-32(16)20-14(24)5-4-8-28-20/h4-10H,1-3H3,(H,30,33). The smallest absolute Gasteiger partial charge is 0.435 e. The zero-order valence-electron chi connectivity index (χ0n) is 18.6. The number of benzene rings is 1. The number of halogens is 4. The molecular weight excluding hydrogens is 487 g/mol. The maximum atomic E-state index is 13.4. The van der Waals surface area contributed by atoms with Crippen molar-refractivity contribution in [2.24, 2.45) is 0 Å². The van der Waals surface area contributed by atoms with Crippen LogP contribution < -0.4 is 5.32 Å². The van der Waals surface area contributed by atoms with Crippen LogP contribution in [0.3, 0.4) is 0 Å². The van der Waals surface area contributed by atoms with Crippen LogP contribution in [0, 0.1) is 13.8 Å². The first-order valence-electron chi connectivity index (χ1n) is 10.1. The van der Waals surface area contributed by atoms with E-state index in [2.05, 4.69) is 20.4 Å². The predicted molar refractivity (Wildman–Crippen MR) is 122 cm³/mol. The van der Waals surface area contributed by atoms with Gasteiger partial charge in [-0.2, -0.15) is 18.3 Å². The van der Waals surface area contributed by atoms with E-state index in [9.17, 15) is 22.8 Å². The molecule has 4 aromatic rings. The second-order valence-corrected chi connectivity index (χ2v) is 7.95. The summed E-state index contributed by atoms with van der Waals surface area (Å²) in [5.74, 6) is -1.89. The summed E-state index contributed by atoms with van der Waals surface area (Å²) >= 11 is 6.10. The molecule has 0 bridgehead atoms. The minimum atomic E-state index is -4.83. The lowest BCUT2D eigenvalue weighted by molar-refractivity contribution is -0.141. The van der Waals surface area contributed by atoms with Crippen molar-refractivity contribution in [1.82, 2.24) is 19.7 Å². The third kappa shape index (κ3) is 4.54. The molecule has 12 heteroatoms. The maximum absolute atomic E-state index is 13.4. The molecule has 0 aliphatic heterocycles. The van der Waals surface area contributed by atoms with Gasteiger partial charge in [0.25, 0.3) is 5.91 Å². The van der Waals surface area contributed by atoms with Gasteiger partial charge < -0.3 is 10.1 Å². The first-order valence-corrected chi connectivity index (χ1v) is 10.5. The number of alkyl halides is 3. The number of anilines is 1. The average Bonchev–Trinajstić information content (AvgIpc) is 3.25. The van der Waals surface area contributed by atoms with E-state index >= 15 is 0 Å². The molecule has 8 nitrogen and oxygen atoms in total. The molecule has 4 rings (SSSR count). The number of pyridine rings is 2. The third-order valence-electron chi connectivity index (χ3n) is 5.13. The summed E-state index contributed by atoms with van der Waals surface area (Å²) in [6, 6.07) is 8.45. The Morgan fingerprint density at radius 1 is 1.14 bits per heavy atom. The number of aromatic nitrogens is 4. The van der Waals surface area contributed by atoms with E-state index in [0.29, 0.717) is 32.9 Å². The van der Waals surface area contributed by atoms with Crippen molar-refractivity contribution in [3.8, 4) is 5.82 Å². The summed E-state index contributed by atoms with van der Waals surface area (Å²) in [4.78, 5) is 34.3. The van der Waals surface area contributed by atoms with E-state index in [0.717, 1.165) is 0 Å². The van der Waals surface area contributed by atoms with Crippen LogP contribution in [0.5, 0.6) is 0 Å². The van der Waals surface area contributed by atoms with Crippen molar-refractivity contribution in [3.63, 3.8) is 0 Å². The number of amides is 1. The van der Waals surface area contributed by atoms with Crippen molar-refractivity contribution in [2.45, 2.75) is 20.0 Å². The largest absolute Gasteiger partial charge is 0.465 e. The molecule has 0 fully saturated rings. The Morgan fingerprint density at radius 2 is 1.89 bits per heavy atom. The van der Waals surface area contributed by atoms with Crippen LogP contribution in [-0.2, 0) is 10.9 Å². The molecule has 3 aromatic heterocycles. The average molecular weight is 504 g/mol. The predicted octanol–water partition coefficient (Wildman–Crippen LogP) is 5.14. The van der Waals surface area contributed by atoms with Gasteiger partial charge in [-0.25, -0.2) is 14.5 Å². The van der Waals surface area contributed by atoms with Gasteiger partial charge in [0.2, 0.25) is 0 Å². The minimum Gasteiger partial charge on any atom is -0.465 e. The Morgan fingerprint density at radius 3 is 2.54 bits per heavy atom. The second-order valence-electron chi connectivity index (χ2n) is 7.54. The number of nitrogens with zero attached hydrogens (tertiary/aromatic N) is 4. The molecule has 35 heavy (non-hydrogen) atoms. The van der Waals surface area contributed by atoms with Gasteiger partial charge in [-0.1, -0.05) is 17.7 Å². The second kappa shape index (κ2) is 8.99. The molecule has 0 radical (unpaired) electrons. The summed E-state index contributed by atoms with van der Waals surface area (Å²) in [5.41, 5.74) is -0.0780. The molecular formula is C23H17ClF3N5O3. The van der Waals surface area contributed by atoms with Gasteiger partial charge in [0.15, 0.2) is 11.5 Å². The number of carbonyl (C=O) groups is 2. The lowest BCUT2D eigenvalue weighted by Crippen LogP contribution is -2.20. The van der Waals surface area contributed by atoms with Gasteiger partial charge in [0, 0.05) is 23.3 Å². The Labute approximate surface area is 201 Å². The normalized spacial score (nSPS) is 11.5. The SMILES string of the molecule is COC(=O)c1c(NC(=O)c2cc(C(F)(F)F)nn2-c2ncccc2Cl)c(C)cc2nc(C)ccc12. The number of esters is 1. The number of hydrogen-bond donors (Lipinski definition) is 1. The summed E-state index contributed by atoms with van der Waals surface area (Å²) in [6.07, 6.45) is -3.53. The van der Waals surface area contributed by atoms with Gasteiger partial charge >= 0.3 is 12.1 Å². The molecule has 0 spiro atoms. The van der Waals surface area contributed by atoms with Crippen molar-refractivity contribution in [3.05, 3.63) is 75.8 Å². The molecule has 1 aromatic carbocycles. The molecule has 0 atom stereocenters. The summed E-state index contributed by atoms with van der Waals surface area (Å²) < 4.78 is 45.9. The fourth-order valence-electron chi connectivity index (χ4n) is 3.54. The van der Waals surface area contributed by atoms with Crippen molar-refractivity contribution in [1.29, 1.82) is 0 Å². The highest BCUT2D eigenvalue weighted by Gasteiger charge is 2.37. The van der Waals surface area contributed by atoms with Crippen LogP contribution in [0.1, 0.15) is 37.8 Å².